The van der Waals surface area contributed by atoms with Crippen LogP contribution in [0.15, 0.2) is 0 Å². The Morgan fingerprint density at radius 1 is 0.826 bits per heavy atom. The number of rotatable bonds is 9. The first-order valence-electron chi connectivity index (χ1n) is 17.4. The zero-order valence-electron chi connectivity index (χ0n) is 31.2. The molecule has 9 nitrogen and oxygen atoms in total. The summed E-state index contributed by atoms with van der Waals surface area (Å²) in [5.41, 5.74) is -2.47. The van der Waals surface area contributed by atoms with E-state index in [0.717, 1.165) is 12.8 Å². The Morgan fingerprint density at radius 3 is 1.89 bits per heavy atom. The quantitative estimate of drug-likeness (QED) is 0.198. The van der Waals surface area contributed by atoms with Crippen LogP contribution in [0.1, 0.15) is 33.1 Å². The molecule has 13 heteroatoms. The average molecular weight is 715 g/mol. The highest BCUT2D eigenvalue weighted by molar-refractivity contribution is 6.71. The van der Waals surface area contributed by atoms with Crippen LogP contribution in [-0.2, 0) is 41.5 Å². The summed E-state index contributed by atoms with van der Waals surface area (Å²) in [7, 11) is -7.09. The summed E-state index contributed by atoms with van der Waals surface area (Å²) in [5, 5.41) is 0. The molecule has 4 bridgehead atoms. The number of carbonyl (C=O) groups excluding carboxylic acids is 2. The number of fused-ring (bicyclic) bond motifs is 2. The van der Waals surface area contributed by atoms with Crippen LogP contribution in [0.3, 0.4) is 0 Å². The summed E-state index contributed by atoms with van der Waals surface area (Å²) < 4.78 is 47.6. The highest BCUT2D eigenvalue weighted by Crippen LogP contribution is 2.74. The van der Waals surface area contributed by atoms with Gasteiger partial charge in [-0.1, -0.05) is 13.8 Å². The van der Waals surface area contributed by atoms with Gasteiger partial charge in [0.25, 0.3) is 0 Å². The Kier molecular flexibility index (Phi) is 9.28. The molecule has 2 heterocycles. The van der Waals surface area contributed by atoms with E-state index in [4.69, 9.17) is 31.9 Å². The Hall–Kier alpha value is -0.392. The number of esters is 2. The van der Waals surface area contributed by atoms with E-state index in [0.29, 0.717) is 0 Å². The number of hydrogen-bond donors (Lipinski definition) is 0. The summed E-state index contributed by atoms with van der Waals surface area (Å²) in [6.07, 6.45) is -0.0796. The molecular weight excluding hydrogens is 653 g/mol. The van der Waals surface area contributed by atoms with E-state index in [2.05, 4.69) is 92.4 Å². The summed E-state index contributed by atoms with van der Waals surface area (Å²) in [5.74, 6) is -1.09. The Morgan fingerprint density at radius 2 is 1.37 bits per heavy atom. The molecule has 1 spiro atoms. The van der Waals surface area contributed by atoms with E-state index >= 15 is 0 Å². The minimum absolute atomic E-state index is 0.0741. The molecule has 5 aliphatic rings. The SMILES string of the molecule is COC(=O)[C@@]12OC[C@@]34[C@H]([C@@H](O[Si](C)(C)C)[C@@H]1OC(=O)C[C@@H]23)[C@@]1(C)CC[C@H](O[Si](C)(C)C)[C@@H](C)[C@@H]1[C@H](O[Si](C)(C)C)[C@@H]4O[Si](C)(C)C. The number of methoxy groups -OCH3 is 1. The van der Waals surface area contributed by atoms with E-state index < -0.39 is 74.5 Å². The second-order valence-electron chi connectivity index (χ2n) is 19.1. The lowest BCUT2D eigenvalue weighted by Gasteiger charge is -2.72. The van der Waals surface area contributed by atoms with Gasteiger partial charge < -0.3 is 31.9 Å². The molecule has 5 fully saturated rings. The molecule has 5 rings (SSSR count). The minimum atomic E-state index is -2.26. The van der Waals surface area contributed by atoms with Gasteiger partial charge in [0, 0.05) is 23.4 Å². The molecule has 264 valence electrons. The summed E-state index contributed by atoms with van der Waals surface area (Å²) in [4.78, 5) is 27.7. The van der Waals surface area contributed by atoms with Crippen molar-refractivity contribution in [3.8, 4) is 0 Å². The van der Waals surface area contributed by atoms with E-state index in [9.17, 15) is 9.59 Å². The van der Waals surface area contributed by atoms with E-state index in [-0.39, 0.29) is 54.4 Å². The summed E-state index contributed by atoms with van der Waals surface area (Å²) in [6.45, 7) is 31.8. The van der Waals surface area contributed by atoms with Crippen molar-refractivity contribution < 1.29 is 41.5 Å². The fourth-order valence-electron chi connectivity index (χ4n) is 10.4. The van der Waals surface area contributed by atoms with Crippen LogP contribution >= 0.6 is 0 Å². The lowest BCUT2D eigenvalue weighted by atomic mass is 9.37. The van der Waals surface area contributed by atoms with Gasteiger partial charge in [0.2, 0.25) is 5.60 Å². The summed E-state index contributed by atoms with van der Waals surface area (Å²) >= 11 is 0. The Labute approximate surface area is 282 Å². The zero-order valence-corrected chi connectivity index (χ0v) is 35.2. The fraction of sp³-hybridized carbons (Fsp3) is 0.939. The summed E-state index contributed by atoms with van der Waals surface area (Å²) in [6, 6.07) is 0. The van der Waals surface area contributed by atoms with Gasteiger partial charge >= 0.3 is 11.9 Å². The first-order valence-corrected chi connectivity index (χ1v) is 31.1. The third-order valence-electron chi connectivity index (χ3n) is 11.2. The minimum Gasteiger partial charge on any atom is -0.467 e. The molecule has 12 atom stereocenters. The average Bonchev–Trinajstić information content (AvgIpc) is 3.13. The molecule has 0 aromatic carbocycles. The molecule has 0 aromatic rings. The van der Waals surface area contributed by atoms with Gasteiger partial charge in [-0.3, -0.25) is 4.79 Å². The van der Waals surface area contributed by atoms with Gasteiger partial charge in [0.1, 0.15) is 0 Å². The van der Waals surface area contributed by atoms with Crippen molar-refractivity contribution in [1.82, 2.24) is 0 Å². The molecule has 0 unspecified atom stereocenters. The molecular formula is C33H62O9Si4. The van der Waals surface area contributed by atoms with Crippen molar-refractivity contribution in [3.63, 3.8) is 0 Å². The van der Waals surface area contributed by atoms with Gasteiger partial charge in [-0.25, -0.2) is 4.79 Å². The third kappa shape index (κ3) is 6.03. The molecule has 0 radical (unpaired) electrons. The molecule has 3 aliphatic carbocycles. The highest BCUT2D eigenvalue weighted by Gasteiger charge is 2.85. The molecule has 2 saturated heterocycles. The van der Waals surface area contributed by atoms with Gasteiger partial charge in [-0.15, -0.1) is 0 Å². The van der Waals surface area contributed by atoms with Crippen LogP contribution < -0.4 is 0 Å². The maximum atomic E-state index is 14.1. The van der Waals surface area contributed by atoms with E-state index in [1.54, 1.807) is 0 Å². The molecule has 2 aliphatic heterocycles. The monoisotopic (exact) mass is 714 g/mol. The normalized spacial score (nSPS) is 44.2. The van der Waals surface area contributed by atoms with Crippen LogP contribution in [-0.4, -0.2) is 95.0 Å². The van der Waals surface area contributed by atoms with Crippen LogP contribution in [0.2, 0.25) is 78.6 Å². The van der Waals surface area contributed by atoms with Crippen molar-refractivity contribution in [2.45, 2.75) is 148 Å². The van der Waals surface area contributed by atoms with Crippen LogP contribution in [0, 0.1) is 34.5 Å². The molecule has 3 saturated carbocycles. The predicted molar refractivity (Wildman–Crippen MR) is 187 cm³/mol. The number of ether oxygens (including phenoxy) is 3. The lowest BCUT2D eigenvalue weighted by molar-refractivity contribution is -0.300. The first kappa shape index (κ1) is 36.9. The third-order valence-corrected chi connectivity index (χ3v) is 15.2. The number of carbonyl (C=O) groups is 2. The molecule has 0 aromatic heterocycles. The maximum Gasteiger partial charge on any atom is 0.342 e. The second kappa shape index (κ2) is 11.6. The van der Waals surface area contributed by atoms with Crippen molar-refractivity contribution >= 4 is 45.2 Å². The Bertz CT molecular complexity index is 1210. The first-order chi connectivity index (χ1) is 20.8. The standard InChI is InChI=1S/C33H62O9Si4/c1-20-21(39-43(4,5)6)16-17-31(2)24(20)25(40-44(7,8)9)28(42-46(13,14)15)32-19-37-33(30(35)36-3)22(32)18-23(34)38-29(33)26(27(31)32)41-45(10,11)12/h20-22,24-29H,16-19H2,1-15H3/t20-,21+,22-,24-,25+,26-,27-,28+,29+,31+,32+,33+/m1/s1. The Balaban J connectivity index is 1.83. The highest BCUT2D eigenvalue weighted by atomic mass is 28.4. The second-order valence-corrected chi connectivity index (χ2v) is 36.9. The van der Waals surface area contributed by atoms with E-state index in [1.165, 1.54) is 7.11 Å². The lowest BCUT2D eigenvalue weighted by Crippen LogP contribution is -2.81. The number of hydrogen-bond acceptors (Lipinski definition) is 9. The van der Waals surface area contributed by atoms with Crippen molar-refractivity contribution in [1.29, 1.82) is 0 Å². The van der Waals surface area contributed by atoms with Crippen molar-refractivity contribution in [2.75, 3.05) is 13.7 Å². The van der Waals surface area contributed by atoms with Crippen LogP contribution in [0.5, 0.6) is 0 Å². The molecule has 46 heavy (non-hydrogen) atoms. The van der Waals surface area contributed by atoms with Gasteiger partial charge in [-0.05, 0) is 109 Å². The van der Waals surface area contributed by atoms with Crippen molar-refractivity contribution in [2.24, 2.45) is 34.5 Å². The molecule has 0 amide bonds. The molecule has 0 N–H and O–H groups in total. The van der Waals surface area contributed by atoms with E-state index in [1.807, 2.05) is 0 Å². The van der Waals surface area contributed by atoms with Gasteiger partial charge in [0.05, 0.1) is 38.4 Å². The zero-order chi connectivity index (χ0) is 34.6. The van der Waals surface area contributed by atoms with Gasteiger partial charge in [0.15, 0.2) is 39.4 Å². The van der Waals surface area contributed by atoms with Crippen LogP contribution in [0.25, 0.3) is 0 Å². The topological polar surface area (TPSA) is 98.8 Å². The smallest absolute Gasteiger partial charge is 0.342 e. The van der Waals surface area contributed by atoms with Crippen LogP contribution in [0.4, 0.5) is 0 Å². The van der Waals surface area contributed by atoms with Gasteiger partial charge in [-0.2, -0.15) is 0 Å². The largest absolute Gasteiger partial charge is 0.467 e. The predicted octanol–water partition coefficient (Wildman–Crippen LogP) is 6.42. The maximum absolute atomic E-state index is 14.1. The van der Waals surface area contributed by atoms with Crippen molar-refractivity contribution in [3.05, 3.63) is 0 Å². The fourth-order valence-corrected chi connectivity index (χ4v) is 15.0.